The van der Waals surface area contributed by atoms with Crippen LogP contribution >= 0.6 is 0 Å². The Morgan fingerprint density at radius 3 is 2.59 bits per heavy atom. The Hall–Kier alpha value is -2.49. The smallest absolute Gasteiger partial charge is 0.344 e. The van der Waals surface area contributed by atoms with E-state index >= 15 is 0 Å². The topological polar surface area (TPSA) is 59.6 Å². The van der Waals surface area contributed by atoms with E-state index in [9.17, 15) is 9.70 Å². The fourth-order valence-corrected chi connectivity index (χ4v) is 1.93. The van der Waals surface area contributed by atoms with Crippen molar-refractivity contribution in [3.63, 3.8) is 0 Å². The highest BCUT2D eigenvalue weighted by Crippen LogP contribution is 2.25. The molecule has 0 amide bonds. The van der Waals surface area contributed by atoms with E-state index < -0.39 is 5.63 Å². The third kappa shape index (κ3) is 1.42. The Labute approximate surface area is 95.5 Å². The quantitative estimate of drug-likeness (QED) is 0.362. The van der Waals surface area contributed by atoms with Crippen molar-refractivity contribution in [2.45, 2.75) is 0 Å². The molecule has 0 fully saturated rings. The molecule has 0 aliphatic heterocycles. The first-order chi connectivity index (χ1) is 8.29. The molecule has 1 heterocycles. The van der Waals surface area contributed by atoms with Gasteiger partial charge in [0, 0.05) is 10.8 Å². The molecule has 4 heteroatoms. The van der Waals surface area contributed by atoms with Crippen molar-refractivity contribution in [1.82, 2.24) is 0 Å². The standard InChI is InChI=1S/C13H7NO3/c15-13-11-7-8(14-16)5-6-9(11)10-3-1-2-4-12(10)17-13/h1-7H. The van der Waals surface area contributed by atoms with Gasteiger partial charge in [0.1, 0.15) is 11.3 Å². The monoisotopic (exact) mass is 225 g/mol. The lowest BCUT2D eigenvalue weighted by Gasteiger charge is -2.01. The summed E-state index contributed by atoms with van der Waals surface area (Å²) in [7, 11) is 0. The van der Waals surface area contributed by atoms with Gasteiger partial charge >= 0.3 is 5.63 Å². The summed E-state index contributed by atoms with van der Waals surface area (Å²) in [5.41, 5.74) is 0.307. The van der Waals surface area contributed by atoms with Crippen LogP contribution < -0.4 is 5.63 Å². The van der Waals surface area contributed by atoms with Gasteiger partial charge in [0.25, 0.3) is 0 Å². The number of rotatable bonds is 1. The van der Waals surface area contributed by atoms with Crippen molar-refractivity contribution in [3.8, 4) is 0 Å². The average Bonchev–Trinajstić information content (AvgIpc) is 2.38. The number of fused-ring (bicyclic) bond motifs is 3. The number of para-hydroxylation sites is 1. The minimum atomic E-state index is -0.454. The predicted octanol–water partition coefficient (Wildman–Crippen LogP) is 3.34. The lowest BCUT2D eigenvalue weighted by Crippen LogP contribution is -1.99. The van der Waals surface area contributed by atoms with Crippen molar-refractivity contribution in [2.24, 2.45) is 5.18 Å². The molecule has 0 bridgehead atoms. The Kier molecular flexibility index (Phi) is 2.01. The third-order valence-corrected chi connectivity index (χ3v) is 2.71. The van der Waals surface area contributed by atoms with Crippen LogP contribution in [0.2, 0.25) is 0 Å². The molecule has 0 saturated heterocycles. The second kappa shape index (κ2) is 3.52. The van der Waals surface area contributed by atoms with E-state index in [-0.39, 0.29) is 5.69 Å². The van der Waals surface area contributed by atoms with Gasteiger partial charge in [0.05, 0.1) is 5.39 Å². The maximum Gasteiger partial charge on any atom is 0.344 e. The van der Waals surface area contributed by atoms with Gasteiger partial charge in [-0.15, -0.1) is 4.91 Å². The summed E-state index contributed by atoms with van der Waals surface area (Å²) in [6.07, 6.45) is 0. The van der Waals surface area contributed by atoms with E-state index in [1.807, 2.05) is 12.1 Å². The molecule has 1 aromatic heterocycles. The highest BCUT2D eigenvalue weighted by Gasteiger charge is 2.07. The van der Waals surface area contributed by atoms with Gasteiger partial charge in [-0.2, -0.15) is 0 Å². The summed E-state index contributed by atoms with van der Waals surface area (Å²) < 4.78 is 5.18. The van der Waals surface area contributed by atoms with E-state index in [4.69, 9.17) is 4.42 Å². The van der Waals surface area contributed by atoms with Crippen molar-refractivity contribution < 1.29 is 4.42 Å². The van der Waals surface area contributed by atoms with Crippen LogP contribution in [0.25, 0.3) is 21.7 Å². The van der Waals surface area contributed by atoms with Gasteiger partial charge < -0.3 is 4.42 Å². The summed E-state index contributed by atoms with van der Waals surface area (Å²) in [5.74, 6) is 0. The SMILES string of the molecule is O=Nc1ccc2c(c1)c(=O)oc1ccccc12. The Morgan fingerprint density at radius 1 is 0.941 bits per heavy atom. The Balaban J connectivity index is 2.58. The van der Waals surface area contributed by atoms with Gasteiger partial charge in [0.15, 0.2) is 0 Å². The molecule has 3 aromatic rings. The van der Waals surface area contributed by atoms with Crippen molar-refractivity contribution in [2.75, 3.05) is 0 Å². The zero-order valence-electron chi connectivity index (χ0n) is 8.71. The van der Waals surface area contributed by atoms with Crippen LogP contribution in [0.5, 0.6) is 0 Å². The van der Waals surface area contributed by atoms with Crippen LogP contribution in [0.4, 0.5) is 5.69 Å². The van der Waals surface area contributed by atoms with Crippen molar-refractivity contribution in [3.05, 3.63) is 57.8 Å². The number of nitroso groups, excluding NO2 is 1. The number of hydrogen-bond donors (Lipinski definition) is 0. The zero-order chi connectivity index (χ0) is 11.8. The molecule has 0 aliphatic carbocycles. The van der Waals surface area contributed by atoms with Crippen LogP contribution in [0, 0.1) is 4.91 Å². The number of nitrogens with zero attached hydrogens (tertiary/aromatic N) is 1. The minimum absolute atomic E-state index is 0.222. The molecule has 0 N–H and O–H groups in total. The van der Waals surface area contributed by atoms with Gasteiger partial charge in [-0.25, -0.2) is 4.79 Å². The molecule has 0 saturated carbocycles. The highest BCUT2D eigenvalue weighted by molar-refractivity contribution is 6.04. The van der Waals surface area contributed by atoms with E-state index in [0.29, 0.717) is 11.0 Å². The molecule has 0 radical (unpaired) electrons. The Morgan fingerprint density at radius 2 is 1.76 bits per heavy atom. The molecule has 0 atom stereocenters. The van der Waals surface area contributed by atoms with Crippen molar-refractivity contribution >= 4 is 27.4 Å². The summed E-state index contributed by atoms with van der Waals surface area (Å²) >= 11 is 0. The Bertz CT molecular complexity index is 789. The third-order valence-electron chi connectivity index (χ3n) is 2.71. The maximum atomic E-state index is 11.8. The lowest BCUT2D eigenvalue weighted by molar-refractivity contribution is 0.569. The van der Waals surface area contributed by atoms with Crippen LogP contribution in [0.1, 0.15) is 0 Å². The van der Waals surface area contributed by atoms with Crippen molar-refractivity contribution in [1.29, 1.82) is 0 Å². The second-order valence-electron chi connectivity index (χ2n) is 3.71. The maximum absolute atomic E-state index is 11.8. The molecule has 17 heavy (non-hydrogen) atoms. The normalized spacial score (nSPS) is 10.8. The molecular formula is C13H7NO3. The van der Waals surface area contributed by atoms with Crippen LogP contribution in [0.15, 0.2) is 56.9 Å². The number of benzene rings is 2. The largest absolute Gasteiger partial charge is 0.422 e. The molecule has 0 unspecified atom stereocenters. The molecule has 2 aromatic carbocycles. The van der Waals surface area contributed by atoms with E-state index in [0.717, 1.165) is 10.8 Å². The highest BCUT2D eigenvalue weighted by atomic mass is 16.4. The van der Waals surface area contributed by atoms with Crippen LogP contribution in [0.3, 0.4) is 0 Å². The summed E-state index contributed by atoms with van der Waals surface area (Å²) in [5, 5.41) is 4.80. The molecule has 0 aliphatic rings. The molecule has 82 valence electrons. The number of hydrogen-bond acceptors (Lipinski definition) is 4. The van der Waals surface area contributed by atoms with Gasteiger partial charge in [-0.05, 0) is 23.4 Å². The minimum Gasteiger partial charge on any atom is -0.422 e. The van der Waals surface area contributed by atoms with Gasteiger partial charge in [-0.1, -0.05) is 24.3 Å². The summed E-state index contributed by atoms with van der Waals surface area (Å²) in [6, 6.07) is 12.0. The second-order valence-corrected chi connectivity index (χ2v) is 3.71. The van der Waals surface area contributed by atoms with Gasteiger partial charge in [-0.3, -0.25) is 0 Å². The van der Waals surface area contributed by atoms with E-state index in [1.165, 1.54) is 6.07 Å². The fraction of sp³-hybridized carbons (Fsp3) is 0. The predicted molar refractivity (Wildman–Crippen MR) is 65.4 cm³/mol. The molecular weight excluding hydrogens is 218 g/mol. The van der Waals surface area contributed by atoms with E-state index in [2.05, 4.69) is 5.18 Å². The first-order valence-electron chi connectivity index (χ1n) is 5.08. The molecule has 4 nitrogen and oxygen atoms in total. The van der Waals surface area contributed by atoms with Crippen LogP contribution in [-0.2, 0) is 0 Å². The zero-order valence-corrected chi connectivity index (χ0v) is 8.71. The van der Waals surface area contributed by atoms with Crippen LogP contribution in [-0.4, -0.2) is 0 Å². The first-order valence-corrected chi connectivity index (χ1v) is 5.08. The first kappa shape index (κ1) is 9.72. The summed E-state index contributed by atoms with van der Waals surface area (Å²) in [6.45, 7) is 0. The van der Waals surface area contributed by atoms with Gasteiger partial charge in [0.2, 0.25) is 0 Å². The average molecular weight is 225 g/mol. The van der Waals surface area contributed by atoms with E-state index in [1.54, 1.807) is 24.3 Å². The molecule has 0 spiro atoms. The molecule has 3 rings (SSSR count). The lowest BCUT2D eigenvalue weighted by atomic mass is 10.1. The summed E-state index contributed by atoms with van der Waals surface area (Å²) in [4.78, 5) is 22.2. The fourth-order valence-electron chi connectivity index (χ4n) is 1.93.